The zero-order chi connectivity index (χ0) is 24.2. The average Bonchev–Trinajstić information content (AvgIpc) is 3.36. The Morgan fingerprint density at radius 2 is 2.09 bits per heavy atom. The van der Waals surface area contributed by atoms with Crippen molar-refractivity contribution in [2.75, 3.05) is 11.9 Å². The van der Waals surface area contributed by atoms with Gasteiger partial charge in [-0.2, -0.15) is 5.10 Å². The number of nitrogens with one attached hydrogen (secondary N) is 2. The molecule has 2 heterocycles. The molecule has 0 spiro atoms. The first-order valence-corrected chi connectivity index (χ1v) is 13.1. The Balaban J connectivity index is 1.43. The summed E-state index contributed by atoms with van der Waals surface area (Å²) in [4.78, 5) is 26.6. The summed E-state index contributed by atoms with van der Waals surface area (Å²) in [7, 11) is 0. The highest BCUT2D eigenvalue weighted by molar-refractivity contribution is 9.10. The molecular weight excluding hydrogens is 536 g/mol. The summed E-state index contributed by atoms with van der Waals surface area (Å²) in [5.74, 6) is -0.108. The Morgan fingerprint density at radius 1 is 1.32 bits per heavy atom. The minimum absolute atomic E-state index is 0.146. The number of ether oxygens (including phenoxy) is 1. The van der Waals surface area contributed by atoms with Crippen LogP contribution in [0.25, 0.3) is 0 Å². The molecule has 0 aliphatic heterocycles. The zero-order valence-electron chi connectivity index (χ0n) is 18.9. The van der Waals surface area contributed by atoms with Crippen LogP contribution in [-0.4, -0.2) is 33.4 Å². The maximum Gasteiger partial charge on any atom is 0.341 e. The van der Waals surface area contributed by atoms with Crippen LogP contribution < -0.4 is 10.6 Å². The number of rotatable bonds is 6. The van der Waals surface area contributed by atoms with E-state index < -0.39 is 0 Å². The Morgan fingerprint density at radius 3 is 2.76 bits per heavy atom. The van der Waals surface area contributed by atoms with Crippen molar-refractivity contribution in [1.29, 1.82) is 0 Å². The smallest absolute Gasteiger partial charge is 0.341 e. The quantitative estimate of drug-likeness (QED) is 0.319. The van der Waals surface area contributed by atoms with Gasteiger partial charge in [0, 0.05) is 16.6 Å². The lowest BCUT2D eigenvalue weighted by atomic mass is 9.88. The van der Waals surface area contributed by atoms with E-state index in [0.29, 0.717) is 35.2 Å². The fourth-order valence-electron chi connectivity index (χ4n) is 3.94. The molecule has 1 amide bonds. The summed E-state index contributed by atoms with van der Waals surface area (Å²) in [6.45, 7) is 4.90. The molecule has 1 aromatic carbocycles. The normalized spacial score (nSPS) is 14.9. The molecule has 1 aliphatic rings. The Kier molecular flexibility index (Phi) is 7.80. The molecule has 1 atom stereocenters. The van der Waals surface area contributed by atoms with Crippen molar-refractivity contribution in [3.8, 4) is 0 Å². The van der Waals surface area contributed by atoms with Gasteiger partial charge in [0.2, 0.25) is 0 Å². The van der Waals surface area contributed by atoms with Crippen LogP contribution in [-0.2, 0) is 24.1 Å². The molecule has 178 valence electrons. The van der Waals surface area contributed by atoms with Crippen molar-refractivity contribution >= 4 is 61.5 Å². The van der Waals surface area contributed by atoms with Crippen molar-refractivity contribution in [2.45, 2.75) is 39.7 Å². The van der Waals surface area contributed by atoms with Gasteiger partial charge in [-0.15, -0.1) is 11.3 Å². The second-order valence-electron chi connectivity index (χ2n) is 8.24. The molecule has 10 heteroatoms. The third-order valence-corrected chi connectivity index (χ3v) is 7.39. The molecule has 1 aliphatic carbocycles. The number of fused-ring (bicyclic) bond motifs is 1. The molecule has 34 heavy (non-hydrogen) atoms. The highest BCUT2D eigenvalue weighted by atomic mass is 79.9. The minimum Gasteiger partial charge on any atom is -0.462 e. The molecule has 7 nitrogen and oxygen atoms in total. The van der Waals surface area contributed by atoms with E-state index in [4.69, 9.17) is 17.0 Å². The van der Waals surface area contributed by atoms with E-state index in [2.05, 4.69) is 38.6 Å². The van der Waals surface area contributed by atoms with Crippen LogP contribution >= 0.6 is 39.5 Å². The zero-order valence-corrected chi connectivity index (χ0v) is 22.1. The number of hydrogen-bond acceptors (Lipinski definition) is 6. The molecule has 4 rings (SSSR count). The first kappa shape index (κ1) is 24.6. The topological polar surface area (TPSA) is 85.3 Å². The van der Waals surface area contributed by atoms with Crippen molar-refractivity contribution in [3.63, 3.8) is 0 Å². The van der Waals surface area contributed by atoms with Gasteiger partial charge in [-0.05, 0) is 83.5 Å². The van der Waals surface area contributed by atoms with E-state index >= 15 is 0 Å². The van der Waals surface area contributed by atoms with Crippen LogP contribution in [0.3, 0.4) is 0 Å². The van der Waals surface area contributed by atoms with Crippen LogP contribution in [0, 0.1) is 5.92 Å². The van der Waals surface area contributed by atoms with Crippen molar-refractivity contribution < 1.29 is 14.3 Å². The van der Waals surface area contributed by atoms with Crippen molar-refractivity contribution in [3.05, 3.63) is 68.3 Å². The number of aromatic nitrogens is 2. The molecule has 0 fully saturated rings. The van der Waals surface area contributed by atoms with Crippen molar-refractivity contribution in [1.82, 2.24) is 15.1 Å². The number of benzene rings is 1. The molecule has 0 bridgehead atoms. The van der Waals surface area contributed by atoms with Crippen LogP contribution in [0.4, 0.5) is 5.00 Å². The summed E-state index contributed by atoms with van der Waals surface area (Å²) in [6, 6.07) is 7.27. The Hall–Kier alpha value is -2.56. The van der Waals surface area contributed by atoms with E-state index in [1.807, 2.05) is 18.3 Å². The summed E-state index contributed by atoms with van der Waals surface area (Å²) in [5, 5.41) is 10.8. The standard InChI is InChI=1S/C24H25BrN4O3S2/c1-3-32-23(31)20-18-9-4-14(2)10-19(18)34-22(20)28-24(33)27-21(30)16-7-5-15(6-8-16)12-29-13-17(25)11-26-29/h5-8,11,13-14H,3-4,9-10,12H2,1-2H3,(H2,27,28,30,33)/t14-/m0/s1. The molecule has 0 unspecified atom stereocenters. The maximum atomic E-state index is 12.7. The molecule has 3 aromatic rings. The summed E-state index contributed by atoms with van der Waals surface area (Å²) in [6.07, 6.45) is 6.41. The van der Waals surface area contributed by atoms with Gasteiger partial charge in [-0.3, -0.25) is 14.8 Å². The molecule has 0 radical (unpaired) electrons. The molecular formula is C24H25BrN4O3S2. The summed E-state index contributed by atoms with van der Waals surface area (Å²) in [5.41, 5.74) is 3.09. The number of halogens is 1. The number of esters is 1. The fraction of sp³-hybridized carbons (Fsp3) is 0.333. The number of hydrogen-bond donors (Lipinski definition) is 2. The SMILES string of the molecule is CCOC(=O)c1c(NC(=S)NC(=O)c2ccc(Cn3cc(Br)cn3)cc2)sc2c1CC[C@H](C)C2. The number of thiocarbonyl (C=S) groups is 1. The number of thiophene rings is 1. The van der Waals surface area contributed by atoms with E-state index in [0.717, 1.165) is 34.9 Å². The third-order valence-electron chi connectivity index (χ3n) is 5.61. The van der Waals surface area contributed by atoms with Gasteiger partial charge in [0.25, 0.3) is 5.91 Å². The van der Waals surface area contributed by atoms with Gasteiger partial charge < -0.3 is 10.1 Å². The monoisotopic (exact) mass is 560 g/mol. The summed E-state index contributed by atoms with van der Waals surface area (Å²) < 4.78 is 8.02. The summed E-state index contributed by atoms with van der Waals surface area (Å²) >= 11 is 10.3. The lowest BCUT2D eigenvalue weighted by Crippen LogP contribution is -2.34. The molecule has 0 saturated heterocycles. The predicted octanol–water partition coefficient (Wildman–Crippen LogP) is 5.18. The lowest BCUT2D eigenvalue weighted by molar-refractivity contribution is 0.0526. The van der Waals surface area contributed by atoms with E-state index in [1.54, 1.807) is 29.9 Å². The first-order valence-electron chi connectivity index (χ1n) is 11.0. The Bertz CT molecular complexity index is 1220. The third kappa shape index (κ3) is 5.73. The largest absolute Gasteiger partial charge is 0.462 e. The van der Waals surface area contributed by atoms with Gasteiger partial charge in [0.05, 0.1) is 29.4 Å². The fourth-order valence-corrected chi connectivity index (χ4v) is 5.93. The lowest BCUT2D eigenvalue weighted by Gasteiger charge is -2.18. The number of carbonyl (C=O) groups excluding carboxylic acids is 2. The Labute approximate surface area is 216 Å². The van der Waals surface area contributed by atoms with Crippen LogP contribution in [0.5, 0.6) is 0 Å². The predicted molar refractivity (Wildman–Crippen MR) is 141 cm³/mol. The second kappa shape index (κ2) is 10.8. The molecule has 2 N–H and O–H groups in total. The van der Waals surface area contributed by atoms with E-state index in [1.165, 1.54) is 16.2 Å². The second-order valence-corrected chi connectivity index (χ2v) is 10.7. The molecule has 2 aromatic heterocycles. The van der Waals surface area contributed by atoms with Gasteiger partial charge in [0.1, 0.15) is 5.00 Å². The van der Waals surface area contributed by atoms with Crippen molar-refractivity contribution in [2.24, 2.45) is 5.92 Å². The highest BCUT2D eigenvalue weighted by Crippen LogP contribution is 2.40. The number of anilines is 1. The van der Waals surface area contributed by atoms with Crippen LogP contribution in [0.1, 0.15) is 57.0 Å². The highest BCUT2D eigenvalue weighted by Gasteiger charge is 2.29. The number of nitrogens with zero attached hydrogens (tertiary/aromatic N) is 2. The number of amides is 1. The average molecular weight is 562 g/mol. The number of carbonyl (C=O) groups is 2. The van der Waals surface area contributed by atoms with E-state index in [9.17, 15) is 9.59 Å². The van der Waals surface area contributed by atoms with Gasteiger partial charge in [-0.25, -0.2) is 4.79 Å². The maximum absolute atomic E-state index is 12.7. The van der Waals surface area contributed by atoms with Gasteiger partial charge in [0.15, 0.2) is 5.11 Å². The van der Waals surface area contributed by atoms with E-state index in [-0.39, 0.29) is 17.0 Å². The first-order chi connectivity index (χ1) is 16.3. The van der Waals surface area contributed by atoms with Crippen LogP contribution in [0.2, 0.25) is 0 Å². The van der Waals surface area contributed by atoms with Gasteiger partial charge >= 0.3 is 5.97 Å². The van der Waals surface area contributed by atoms with Crippen LogP contribution in [0.15, 0.2) is 41.1 Å². The molecule has 0 saturated carbocycles. The van der Waals surface area contributed by atoms with Gasteiger partial charge in [-0.1, -0.05) is 19.1 Å². The minimum atomic E-state index is -0.356.